The minimum Gasteiger partial charge on any atom is -0.462 e. The van der Waals surface area contributed by atoms with Crippen molar-refractivity contribution in [3.8, 4) is 6.07 Å². The minimum absolute atomic E-state index is 0.300. The van der Waals surface area contributed by atoms with Crippen molar-refractivity contribution in [2.45, 2.75) is 17.1 Å². The highest BCUT2D eigenvalue weighted by Crippen LogP contribution is 2.24. The van der Waals surface area contributed by atoms with Gasteiger partial charge in [0.1, 0.15) is 6.07 Å². The number of benzene rings is 1. The topological polar surface area (TPSA) is 50.1 Å². The molecule has 0 atom stereocenters. The molecule has 0 aliphatic carbocycles. The van der Waals surface area contributed by atoms with Gasteiger partial charge in [0.25, 0.3) is 0 Å². The number of esters is 1. The van der Waals surface area contributed by atoms with E-state index in [9.17, 15) is 4.79 Å². The van der Waals surface area contributed by atoms with Gasteiger partial charge in [0.2, 0.25) is 0 Å². The molecule has 0 aliphatic heterocycles. The molecule has 0 N–H and O–H groups in total. The van der Waals surface area contributed by atoms with Crippen molar-refractivity contribution >= 4 is 34.5 Å². The molecule has 0 fully saturated rings. The number of hydrogen-bond acceptors (Lipinski definition) is 4. The van der Waals surface area contributed by atoms with Crippen LogP contribution in [0.3, 0.4) is 0 Å². The fraction of sp³-hybridized carbons (Fsp3) is 0.273. The van der Waals surface area contributed by atoms with E-state index in [1.165, 1.54) is 0 Å². The highest BCUT2D eigenvalue weighted by Gasteiger charge is 2.16. The first-order valence-corrected chi connectivity index (χ1v) is 6.20. The Morgan fingerprint density at radius 2 is 2.31 bits per heavy atom. The summed E-state index contributed by atoms with van der Waals surface area (Å²) >= 11 is 7.48. The van der Waals surface area contributed by atoms with Crippen LogP contribution in [-0.4, -0.2) is 12.6 Å². The maximum Gasteiger partial charge on any atom is 0.339 e. The van der Waals surface area contributed by atoms with Gasteiger partial charge in [0, 0.05) is 10.2 Å². The molecule has 1 aromatic rings. The molecule has 0 amide bonds. The van der Waals surface area contributed by atoms with Crippen LogP contribution in [0.2, 0.25) is 0 Å². The van der Waals surface area contributed by atoms with E-state index in [4.69, 9.17) is 10.00 Å². The van der Waals surface area contributed by atoms with E-state index in [2.05, 4.69) is 28.6 Å². The predicted molar refractivity (Wildman–Crippen MR) is 67.0 cm³/mol. The summed E-state index contributed by atoms with van der Waals surface area (Å²) in [5.41, 5.74) is 1.54. The lowest BCUT2D eigenvalue weighted by molar-refractivity contribution is 0.0522. The number of hydrogen-bond donors (Lipinski definition) is 1. The van der Waals surface area contributed by atoms with Gasteiger partial charge in [-0.1, -0.05) is 22.0 Å². The van der Waals surface area contributed by atoms with E-state index in [0.29, 0.717) is 28.0 Å². The second-order valence-electron chi connectivity index (χ2n) is 2.96. The molecular weight excluding hydrogens is 290 g/mol. The fourth-order valence-electron chi connectivity index (χ4n) is 1.24. The molecule has 3 nitrogen and oxygen atoms in total. The van der Waals surface area contributed by atoms with E-state index >= 15 is 0 Å². The van der Waals surface area contributed by atoms with Gasteiger partial charge in [-0.25, -0.2) is 4.79 Å². The quantitative estimate of drug-likeness (QED) is 0.530. The molecule has 84 valence electrons. The van der Waals surface area contributed by atoms with Crippen molar-refractivity contribution < 1.29 is 9.53 Å². The molecule has 1 rings (SSSR count). The van der Waals surface area contributed by atoms with E-state index in [1.54, 1.807) is 19.1 Å². The number of carbonyl (C=O) groups is 1. The average Bonchev–Trinajstić information content (AvgIpc) is 2.28. The Labute approximate surface area is 108 Å². The van der Waals surface area contributed by atoms with Gasteiger partial charge in [-0.3, -0.25) is 0 Å². The summed E-state index contributed by atoms with van der Waals surface area (Å²) in [4.78, 5) is 11.9. The normalized spacial score (nSPS) is 9.62. The highest BCUT2D eigenvalue weighted by atomic mass is 79.9. The Morgan fingerprint density at radius 3 is 2.81 bits per heavy atom. The molecule has 5 heteroatoms. The van der Waals surface area contributed by atoms with E-state index in [-0.39, 0.29) is 0 Å². The lowest BCUT2D eigenvalue weighted by atomic mass is 10.1. The summed E-state index contributed by atoms with van der Waals surface area (Å²) < 4.78 is 4.87. The third-order valence-corrected chi connectivity index (χ3v) is 3.08. The third kappa shape index (κ3) is 2.57. The molecule has 0 spiro atoms. The zero-order valence-corrected chi connectivity index (χ0v) is 11.1. The molecule has 0 aliphatic rings. The van der Waals surface area contributed by atoms with Crippen LogP contribution in [0.15, 0.2) is 17.0 Å². The monoisotopic (exact) mass is 299 g/mol. The van der Waals surface area contributed by atoms with Crippen LogP contribution in [0.1, 0.15) is 28.4 Å². The van der Waals surface area contributed by atoms with Crippen molar-refractivity contribution in [3.05, 3.63) is 28.8 Å². The Balaban J connectivity index is 3.25. The van der Waals surface area contributed by atoms with Crippen LogP contribution in [-0.2, 0) is 10.1 Å². The van der Waals surface area contributed by atoms with Gasteiger partial charge in [-0.2, -0.15) is 5.26 Å². The molecule has 0 aromatic heterocycles. The van der Waals surface area contributed by atoms with Crippen molar-refractivity contribution in [2.75, 3.05) is 6.61 Å². The summed E-state index contributed by atoms with van der Waals surface area (Å²) in [7, 11) is 0. The summed E-state index contributed by atoms with van der Waals surface area (Å²) in [6.45, 7) is 2.03. The molecule has 0 saturated carbocycles. The van der Waals surface area contributed by atoms with Crippen LogP contribution in [0.25, 0.3) is 0 Å². The maximum absolute atomic E-state index is 11.5. The second-order valence-corrected chi connectivity index (χ2v) is 3.97. The van der Waals surface area contributed by atoms with Crippen LogP contribution in [0, 0.1) is 11.3 Å². The number of carbonyl (C=O) groups excluding carboxylic acids is 1. The van der Waals surface area contributed by atoms with Crippen LogP contribution < -0.4 is 0 Å². The minimum atomic E-state index is -0.454. The van der Waals surface area contributed by atoms with E-state index < -0.39 is 5.97 Å². The fourth-order valence-corrected chi connectivity index (χ4v) is 2.07. The lowest BCUT2D eigenvalue weighted by Crippen LogP contribution is -2.07. The number of nitriles is 1. The number of thiol groups is 1. The zero-order valence-electron chi connectivity index (χ0n) is 8.66. The van der Waals surface area contributed by atoms with Crippen molar-refractivity contribution in [3.63, 3.8) is 0 Å². The molecule has 0 radical (unpaired) electrons. The van der Waals surface area contributed by atoms with E-state index in [1.807, 2.05) is 6.07 Å². The van der Waals surface area contributed by atoms with Crippen molar-refractivity contribution in [2.24, 2.45) is 0 Å². The van der Waals surface area contributed by atoms with Crippen LogP contribution >= 0.6 is 28.6 Å². The van der Waals surface area contributed by atoms with Gasteiger partial charge >= 0.3 is 5.97 Å². The first kappa shape index (κ1) is 13.1. The molecule has 0 bridgehead atoms. The molecular formula is C11H10BrNO2S. The average molecular weight is 300 g/mol. The third-order valence-electron chi connectivity index (χ3n) is 2.02. The Kier molecular flexibility index (Phi) is 4.84. The smallest absolute Gasteiger partial charge is 0.339 e. The number of nitrogens with zero attached hydrogens (tertiary/aromatic N) is 1. The van der Waals surface area contributed by atoms with Gasteiger partial charge < -0.3 is 4.74 Å². The Hall–Kier alpha value is -0.990. The molecule has 16 heavy (non-hydrogen) atoms. The molecule has 0 unspecified atom stereocenters. The zero-order chi connectivity index (χ0) is 12.1. The SMILES string of the molecule is CCOC(=O)c1ccc(CBr)c(C#N)c1S. The van der Waals surface area contributed by atoms with Crippen LogP contribution in [0.4, 0.5) is 0 Å². The first-order chi connectivity index (χ1) is 7.65. The first-order valence-electron chi connectivity index (χ1n) is 4.63. The summed E-state index contributed by atoms with van der Waals surface area (Å²) in [6.07, 6.45) is 0. The van der Waals surface area contributed by atoms with Gasteiger partial charge in [0.05, 0.1) is 17.7 Å². The molecule has 0 heterocycles. The predicted octanol–water partition coefficient (Wildman–Crippen LogP) is 2.92. The van der Waals surface area contributed by atoms with Crippen molar-refractivity contribution in [1.29, 1.82) is 5.26 Å². The van der Waals surface area contributed by atoms with Gasteiger partial charge in [-0.15, -0.1) is 12.6 Å². The second kappa shape index (κ2) is 5.92. The van der Waals surface area contributed by atoms with Crippen molar-refractivity contribution in [1.82, 2.24) is 0 Å². The van der Waals surface area contributed by atoms with Crippen LogP contribution in [0.5, 0.6) is 0 Å². The van der Waals surface area contributed by atoms with Gasteiger partial charge in [-0.05, 0) is 18.6 Å². The van der Waals surface area contributed by atoms with E-state index in [0.717, 1.165) is 5.56 Å². The Morgan fingerprint density at radius 1 is 1.62 bits per heavy atom. The number of rotatable bonds is 3. The Bertz CT molecular complexity index is 454. The summed E-state index contributed by atoms with van der Waals surface area (Å²) in [5, 5.41) is 9.54. The lowest BCUT2D eigenvalue weighted by Gasteiger charge is -2.08. The molecule has 1 aromatic carbocycles. The number of halogens is 1. The summed E-state index contributed by atoms with van der Waals surface area (Å²) in [5.74, 6) is -0.454. The number of ether oxygens (including phenoxy) is 1. The maximum atomic E-state index is 11.5. The largest absolute Gasteiger partial charge is 0.462 e. The number of alkyl halides is 1. The molecule has 0 saturated heterocycles. The standard InChI is InChI=1S/C11H10BrNO2S/c1-2-15-11(14)8-4-3-7(5-12)9(6-13)10(8)16/h3-4,16H,2,5H2,1H3. The summed E-state index contributed by atoms with van der Waals surface area (Å²) in [6, 6.07) is 5.38. The highest BCUT2D eigenvalue weighted by molar-refractivity contribution is 9.08. The van der Waals surface area contributed by atoms with Gasteiger partial charge in [0.15, 0.2) is 0 Å².